The van der Waals surface area contributed by atoms with Crippen LogP contribution in [0.25, 0.3) is 0 Å². The smallest absolute Gasteiger partial charge is 0.323 e. The molecule has 1 aliphatic carbocycles. The molecule has 1 saturated carbocycles. The van der Waals surface area contributed by atoms with E-state index in [9.17, 15) is 24.5 Å². The van der Waals surface area contributed by atoms with Crippen molar-refractivity contribution < 1.29 is 19.3 Å². The summed E-state index contributed by atoms with van der Waals surface area (Å²) in [6, 6.07) is 2.33. The standard InChI is InChI=1S/C20H26N4O5/c1-12-9-10-15(24(28)29)17(13(12)2)21-16(25)11-23-18(26)20(3,22-19(23)27)14-7-5-4-6-8-14/h9-10,14H,4-8,11H2,1-3H3,(H,21,25)(H,22,27)/t20-/m1/s1. The molecule has 2 aliphatic rings. The average Bonchev–Trinajstić information content (AvgIpc) is 2.90. The summed E-state index contributed by atoms with van der Waals surface area (Å²) in [5.74, 6) is -1.03. The Kier molecular flexibility index (Phi) is 5.59. The Balaban J connectivity index is 1.76. The summed E-state index contributed by atoms with van der Waals surface area (Å²) < 4.78 is 0. The van der Waals surface area contributed by atoms with Crippen LogP contribution in [0.5, 0.6) is 0 Å². The maximum absolute atomic E-state index is 13.0. The number of hydrogen-bond acceptors (Lipinski definition) is 5. The summed E-state index contributed by atoms with van der Waals surface area (Å²) in [7, 11) is 0. The first-order chi connectivity index (χ1) is 13.6. The summed E-state index contributed by atoms with van der Waals surface area (Å²) in [6.45, 7) is 4.68. The second kappa shape index (κ2) is 7.81. The van der Waals surface area contributed by atoms with Crippen molar-refractivity contribution in [1.82, 2.24) is 10.2 Å². The number of nitrogens with zero attached hydrogens (tertiary/aromatic N) is 2. The van der Waals surface area contributed by atoms with Gasteiger partial charge >= 0.3 is 6.03 Å². The first kappa shape index (κ1) is 20.8. The van der Waals surface area contributed by atoms with Crippen LogP contribution in [-0.4, -0.2) is 39.8 Å². The first-order valence-electron chi connectivity index (χ1n) is 9.83. The van der Waals surface area contributed by atoms with Gasteiger partial charge in [0.25, 0.3) is 11.6 Å². The van der Waals surface area contributed by atoms with E-state index in [1.807, 2.05) is 0 Å². The number of aryl methyl sites for hydroxylation is 1. The maximum atomic E-state index is 13.0. The molecular formula is C20H26N4O5. The molecule has 0 unspecified atom stereocenters. The molecule has 1 aromatic carbocycles. The molecule has 156 valence electrons. The minimum Gasteiger partial charge on any atom is -0.323 e. The Morgan fingerprint density at radius 2 is 1.93 bits per heavy atom. The number of amides is 4. The van der Waals surface area contributed by atoms with E-state index in [0.29, 0.717) is 5.56 Å². The van der Waals surface area contributed by atoms with Gasteiger partial charge in [-0.2, -0.15) is 0 Å². The maximum Gasteiger partial charge on any atom is 0.325 e. The van der Waals surface area contributed by atoms with E-state index in [1.165, 1.54) is 6.07 Å². The minimum atomic E-state index is -1.01. The lowest BCUT2D eigenvalue weighted by molar-refractivity contribution is -0.384. The molecule has 2 N–H and O–H groups in total. The van der Waals surface area contributed by atoms with E-state index < -0.39 is 34.9 Å². The van der Waals surface area contributed by atoms with Gasteiger partial charge in [0.15, 0.2) is 0 Å². The van der Waals surface area contributed by atoms with Gasteiger partial charge in [-0.15, -0.1) is 0 Å². The number of hydrogen-bond donors (Lipinski definition) is 2. The molecule has 0 bridgehead atoms. The topological polar surface area (TPSA) is 122 Å². The summed E-state index contributed by atoms with van der Waals surface area (Å²) in [5, 5.41) is 16.6. The average molecular weight is 402 g/mol. The fourth-order valence-electron chi connectivity index (χ4n) is 4.25. The second-order valence-electron chi connectivity index (χ2n) is 8.07. The van der Waals surface area contributed by atoms with Crippen molar-refractivity contribution in [2.45, 2.75) is 58.4 Å². The highest BCUT2D eigenvalue weighted by atomic mass is 16.6. The van der Waals surface area contributed by atoms with Gasteiger partial charge < -0.3 is 10.6 Å². The zero-order valence-electron chi connectivity index (χ0n) is 16.9. The molecule has 3 rings (SSSR count). The first-order valence-corrected chi connectivity index (χ1v) is 9.83. The number of rotatable bonds is 5. The second-order valence-corrected chi connectivity index (χ2v) is 8.07. The zero-order valence-corrected chi connectivity index (χ0v) is 16.9. The van der Waals surface area contributed by atoms with Crippen LogP contribution in [0.1, 0.15) is 50.2 Å². The lowest BCUT2D eigenvalue weighted by Crippen LogP contribution is -2.51. The highest BCUT2D eigenvalue weighted by molar-refractivity contribution is 6.10. The van der Waals surface area contributed by atoms with Crippen molar-refractivity contribution in [3.63, 3.8) is 0 Å². The molecule has 0 radical (unpaired) electrons. The quantitative estimate of drug-likeness (QED) is 0.445. The number of carbonyl (C=O) groups excluding carboxylic acids is 3. The van der Waals surface area contributed by atoms with Gasteiger partial charge in [-0.05, 0) is 50.7 Å². The molecule has 9 nitrogen and oxygen atoms in total. The molecule has 4 amide bonds. The Bertz CT molecular complexity index is 878. The third-order valence-electron chi connectivity index (χ3n) is 6.20. The highest BCUT2D eigenvalue weighted by Gasteiger charge is 2.52. The molecular weight excluding hydrogens is 376 g/mol. The molecule has 1 aliphatic heterocycles. The van der Waals surface area contributed by atoms with Crippen LogP contribution in [0, 0.1) is 29.9 Å². The third-order valence-corrected chi connectivity index (χ3v) is 6.20. The monoisotopic (exact) mass is 402 g/mol. The molecule has 9 heteroatoms. The fourth-order valence-corrected chi connectivity index (χ4v) is 4.25. The Morgan fingerprint density at radius 3 is 2.55 bits per heavy atom. The fraction of sp³-hybridized carbons (Fsp3) is 0.550. The predicted molar refractivity (Wildman–Crippen MR) is 106 cm³/mol. The van der Waals surface area contributed by atoms with Crippen LogP contribution in [0.15, 0.2) is 12.1 Å². The van der Waals surface area contributed by atoms with Crippen LogP contribution in [0.3, 0.4) is 0 Å². The van der Waals surface area contributed by atoms with Gasteiger partial charge in [0.05, 0.1) is 4.92 Å². The number of nitrogens with one attached hydrogen (secondary N) is 2. The molecule has 1 atom stereocenters. The zero-order chi connectivity index (χ0) is 21.3. The van der Waals surface area contributed by atoms with Crippen molar-refractivity contribution in [2.24, 2.45) is 5.92 Å². The molecule has 29 heavy (non-hydrogen) atoms. The van der Waals surface area contributed by atoms with Gasteiger partial charge in [0, 0.05) is 6.07 Å². The number of anilines is 1. The van der Waals surface area contributed by atoms with Crippen LogP contribution < -0.4 is 10.6 Å². The van der Waals surface area contributed by atoms with Gasteiger partial charge in [-0.25, -0.2) is 4.79 Å². The van der Waals surface area contributed by atoms with Crippen LogP contribution >= 0.6 is 0 Å². The molecule has 0 spiro atoms. The van der Waals surface area contributed by atoms with E-state index in [4.69, 9.17) is 0 Å². The Labute approximate surface area is 169 Å². The number of carbonyl (C=O) groups is 3. The third kappa shape index (κ3) is 3.81. The Morgan fingerprint density at radius 1 is 1.28 bits per heavy atom. The highest BCUT2D eigenvalue weighted by Crippen LogP contribution is 2.36. The van der Waals surface area contributed by atoms with E-state index in [-0.39, 0.29) is 17.3 Å². The van der Waals surface area contributed by atoms with Gasteiger partial charge in [-0.1, -0.05) is 25.3 Å². The molecule has 2 fully saturated rings. The minimum absolute atomic E-state index is 0.0425. The number of urea groups is 1. The molecule has 1 aromatic rings. The van der Waals surface area contributed by atoms with E-state index in [2.05, 4.69) is 10.6 Å². The van der Waals surface area contributed by atoms with E-state index >= 15 is 0 Å². The lowest BCUT2D eigenvalue weighted by atomic mass is 9.75. The number of nitro benzene ring substituents is 1. The predicted octanol–water partition coefficient (Wildman–Crippen LogP) is 3.04. The van der Waals surface area contributed by atoms with Crippen molar-refractivity contribution in [1.29, 1.82) is 0 Å². The Hall–Kier alpha value is -2.97. The van der Waals surface area contributed by atoms with Gasteiger partial charge in [0.1, 0.15) is 17.8 Å². The molecule has 0 aromatic heterocycles. The molecule has 1 saturated heterocycles. The van der Waals surface area contributed by atoms with Gasteiger partial charge in [-0.3, -0.25) is 24.6 Å². The van der Waals surface area contributed by atoms with Crippen molar-refractivity contribution in [3.8, 4) is 0 Å². The SMILES string of the molecule is Cc1ccc([N+](=O)[O-])c(NC(=O)CN2C(=O)N[C@](C)(C3CCCCC3)C2=O)c1C. The summed E-state index contributed by atoms with van der Waals surface area (Å²) in [4.78, 5) is 49.6. The van der Waals surface area contributed by atoms with E-state index in [0.717, 1.165) is 42.6 Å². The number of nitro groups is 1. The van der Waals surface area contributed by atoms with Gasteiger partial charge in [0.2, 0.25) is 5.91 Å². The summed E-state index contributed by atoms with van der Waals surface area (Å²) in [5.41, 5.74) is 0.193. The van der Waals surface area contributed by atoms with Crippen LogP contribution in [0.4, 0.5) is 16.2 Å². The number of benzene rings is 1. The summed E-state index contributed by atoms with van der Waals surface area (Å²) >= 11 is 0. The van der Waals surface area contributed by atoms with Crippen molar-refractivity contribution in [2.75, 3.05) is 11.9 Å². The largest absolute Gasteiger partial charge is 0.325 e. The van der Waals surface area contributed by atoms with Crippen molar-refractivity contribution in [3.05, 3.63) is 33.4 Å². The van der Waals surface area contributed by atoms with Crippen LogP contribution in [-0.2, 0) is 9.59 Å². The lowest BCUT2D eigenvalue weighted by Gasteiger charge is -2.34. The van der Waals surface area contributed by atoms with E-state index in [1.54, 1.807) is 26.8 Å². The van der Waals surface area contributed by atoms with Crippen molar-refractivity contribution >= 4 is 29.2 Å². The van der Waals surface area contributed by atoms with Crippen LogP contribution in [0.2, 0.25) is 0 Å². The number of imide groups is 1. The molecule has 1 heterocycles. The summed E-state index contributed by atoms with van der Waals surface area (Å²) in [6.07, 6.45) is 4.87. The normalized spacial score (nSPS) is 22.5.